The fourth-order valence-corrected chi connectivity index (χ4v) is 1.76. The van der Waals surface area contributed by atoms with Crippen molar-refractivity contribution in [3.63, 3.8) is 0 Å². The Morgan fingerprint density at radius 3 is 2.62 bits per heavy atom. The number of nitrogens with two attached hydrogens (primary N) is 1. The number of nitrogen functional groups attached to an aromatic ring is 1. The van der Waals surface area contributed by atoms with Gasteiger partial charge in [-0.25, -0.2) is 4.68 Å². The lowest BCUT2D eigenvalue weighted by Crippen LogP contribution is -2.11. The van der Waals surface area contributed by atoms with Gasteiger partial charge in [0, 0.05) is 0 Å². The van der Waals surface area contributed by atoms with Crippen molar-refractivity contribution >= 4 is 17.4 Å². The van der Waals surface area contributed by atoms with Gasteiger partial charge in [-0.1, -0.05) is 11.6 Å². The van der Waals surface area contributed by atoms with E-state index in [1.165, 1.54) is 12.8 Å². The first kappa shape index (κ1) is 8.88. The fourth-order valence-electron chi connectivity index (χ4n) is 1.63. The highest BCUT2D eigenvalue weighted by Gasteiger charge is 2.31. The van der Waals surface area contributed by atoms with Crippen molar-refractivity contribution in [2.75, 3.05) is 5.73 Å². The number of rotatable bonds is 2. The molecule has 1 fully saturated rings. The van der Waals surface area contributed by atoms with Crippen LogP contribution in [0.5, 0.6) is 0 Å². The molecule has 3 nitrogen and oxygen atoms in total. The Morgan fingerprint density at radius 1 is 1.62 bits per heavy atom. The van der Waals surface area contributed by atoms with Gasteiger partial charge in [-0.3, -0.25) is 0 Å². The van der Waals surface area contributed by atoms with E-state index in [1.807, 2.05) is 11.6 Å². The van der Waals surface area contributed by atoms with Crippen LogP contribution in [0.1, 0.15) is 31.5 Å². The average Bonchev–Trinajstić information content (AvgIpc) is 2.89. The third kappa shape index (κ3) is 1.41. The van der Waals surface area contributed by atoms with E-state index in [0.717, 1.165) is 11.6 Å². The summed E-state index contributed by atoms with van der Waals surface area (Å²) < 4.78 is 1.86. The van der Waals surface area contributed by atoms with Crippen molar-refractivity contribution in [1.29, 1.82) is 0 Å². The summed E-state index contributed by atoms with van der Waals surface area (Å²) in [5, 5.41) is 4.93. The van der Waals surface area contributed by atoms with Gasteiger partial charge in [0.25, 0.3) is 0 Å². The molecule has 2 rings (SSSR count). The van der Waals surface area contributed by atoms with E-state index >= 15 is 0 Å². The van der Waals surface area contributed by atoms with Gasteiger partial charge in [0.05, 0.1) is 11.7 Å². The van der Waals surface area contributed by atoms with Gasteiger partial charge in [-0.15, -0.1) is 0 Å². The van der Waals surface area contributed by atoms with Crippen molar-refractivity contribution in [3.8, 4) is 0 Å². The molecule has 1 saturated carbocycles. The zero-order chi connectivity index (χ0) is 9.59. The minimum absolute atomic E-state index is 0.395. The number of anilines is 1. The average molecular weight is 200 g/mol. The van der Waals surface area contributed by atoms with E-state index in [2.05, 4.69) is 12.0 Å². The zero-order valence-electron chi connectivity index (χ0n) is 7.92. The zero-order valence-corrected chi connectivity index (χ0v) is 8.67. The third-order valence-electron chi connectivity index (χ3n) is 2.74. The van der Waals surface area contributed by atoms with E-state index in [9.17, 15) is 0 Å². The maximum Gasteiger partial charge on any atom is 0.141 e. The number of halogens is 1. The van der Waals surface area contributed by atoms with Crippen LogP contribution in [0.15, 0.2) is 0 Å². The highest BCUT2D eigenvalue weighted by atomic mass is 35.5. The van der Waals surface area contributed by atoms with Crippen molar-refractivity contribution < 1.29 is 0 Å². The number of aryl methyl sites for hydroxylation is 1. The summed E-state index contributed by atoms with van der Waals surface area (Å²) in [5.41, 5.74) is 6.66. The Balaban J connectivity index is 2.33. The normalized spacial score (nSPS) is 19.0. The summed E-state index contributed by atoms with van der Waals surface area (Å²) in [6.07, 6.45) is 2.58. The molecule has 72 valence electrons. The van der Waals surface area contributed by atoms with Crippen LogP contribution in [0, 0.1) is 12.8 Å². The highest BCUT2D eigenvalue weighted by Crippen LogP contribution is 2.41. The van der Waals surface area contributed by atoms with E-state index in [0.29, 0.717) is 16.9 Å². The van der Waals surface area contributed by atoms with Gasteiger partial charge in [0.2, 0.25) is 0 Å². The summed E-state index contributed by atoms with van der Waals surface area (Å²) in [4.78, 5) is 0. The molecule has 1 unspecified atom stereocenters. The molecule has 0 aromatic carbocycles. The summed E-state index contributed by atoms with van der Waals surface area (Å²) in [6, 6.07) is 0.395. The molecule has 1 aliphatic carbocycles. The minimum Gasteiger partial charge on any atom is -0.383 e. The fraction of sp³-hybridized carbons (Fsp3) is 0.667. The van der Waals surface area contributed by atoms with E-state index in [1.54, 1.807) is 0 Å². The Bertz CT molecular complexity index is 328. The molecule has 0 aliphatic heterocycles. The maximum absolute atomic E-state index is 5.96. The Morgan fingerprint density at radius 2 is 2.23 bits per heavy atom. The van der Waals surface area contributed by atoms with E-state index in [4.69, 9.17) is 17.3 Å². The summed E-state index contributed by atoms with van der Waals surface area (Å²) in [6.45, 7) is 4.03. The molecule has 1 atom stereocenters. The lowest BCUT2D eigenvalue weighted by atomic mass is 10.2. The number of nitrogens with zero attached hydrogens (tertiary/aromatic N) is 2. The van der Waals surface area contributed by atoms with E-state index in [-0.39, 0.29) is 0 Å². The van der Waals surface area contributed by atoms with Crippen molar-refractivity contribution in [2.45, 2.75) is 32.7 Å². The number of hydrogen-bond donors (Lipinski definition) is 1. The van der Waals surface area contributed by atoms with Crippen LogP contribution in [0.25, 0.3) is 0 Å². The molecule has 1 aromatic heterocycles. The lowest BCUT2D eigenvalue weighted by molar-refractivity contribution is 0.444. The predicted octanol–water partition coefficient (Wildman–Crippen LogP) is 2.40. The smallest absolute Gasteiger partial charge is 0.141 e. The molecule has 0 radical (unpaired) electrons. The predicted molar refractivity (Wildman–Crippen MR) is 53.8 cm³/mol. The largest absolute Gasteiger partial charge is 0.383 e. The maximum atomic E-state index is 5.96. The van der Waals surface area contributed by atoms with Crippen LogP contribution in [0.3, 0.4) is 0 Å². The second-order valence-electron chi connectivity index (χ2n) is 3.81. The summed E-state index contributed by atoms with van der Waals surface area (Å²) in [7, 11) is 0. The topological polar surface area (TPSA) is 43.8 Å². The first-order chi connectivity index (χ1) is 6.11. The standard InChI is InChI=1S/C9H14ClN3/c1-5-8(10)9(11)13(12-5)6(2)7-3-4-7/h6-7H,3-4,11H2,1-2H3. The van der Waals surface area contributed by atoms with Crippen molar-refractivity contribution in [1.82, 2.24) is 9.78 Å². The Hall–Kier alpha value is -0.700. The summed E-state index contributed by atoms with van der Waals surface area (Å²) in [5.74, 6) is 1.36. The van der Waals surface area contributed by atoms with Gasteiger partial charge in [0.15, 0.2) is 0 Å². The monoisotopic (exact) mass is 199 g/mol. The molecule has 2 N–H and O–H groups in total. The van der Waals surface area contributed by atoms with Gasteiger partial charge in [0.1, 0.15) is 10.8 Å². The molecule has 4 heteroatoms. The molecule has 1 heterocycles. The van der Waals surface area contributed by atoms with Crippen LogP contribution in [-0.4, -0.2) is 9.78 Å². The van der Waals surface area contributed by atoms with Crippen LogP contribution >= 0.6 is 11.6 Å². The Kier molecular flexibility index (Phi) is 1.99. The Labute approximate surface area is 82.9 Å². The van der Waals surface area contributed by atoms with Crippen LogP contribution in [0.4, 0.5) is 5.82 Å². The van der Waals surface area contributed by atoms with Gasteiger partial charge in [-0.05, 0) is 32.6 Å². The third-order valence-corrected chi connectivity index (χ3v) is 3.20. The highest BCUT2D eigenvalue weighted by molar-refractivity contribution is 6.33. The summed E-state index contributed by atoms with van der Waals surface area (Å²) >= 11 is 5.96. The van der Waals surface area contributed by atoms with Gasteiger partial charge >= 0.3 is 0 Å². The molecule has 13 heavy (non-hydrogen) atoms. The lowest BCUT2D eigenvalue weighted by Gasteiger charge is -2.12. The molecular formula is C9H14ClN3. The van der Waals surface area contributed by atoms with Crippen LogP contribution in [-0.2, 0) is 0 Å². The molecule has 1 aliphatic rings. The number of hydrogen-bond acceptors (Lipinski definition) is 2. The second-order valence-corrected chi connectivity index (χ2v) is 4.19. The molecule has 0 bridgehead atoms. The minimum atomic E-state index is 0.395. The molecule has 1 aromatic rings. The first-order valence-electron chi connectivity index (χ1n) is 4.61. The molecular weight excluding hydrogens is 186 g/mol. The molecule has 0 spiro atoms. The SMILES string of the molecule is Cc1nn(C(C)C2CC2)c(N)c1Cl. The molecule has 0 amide bonds. The number of aromatic nitrogens is 2. The first-order valence-corrected chi connectivity index (χ1v) is 4.99. The van der Waals surface area contributed by atoms with Crippen molar-refractivity contribution in [2.24, 2.45) is 5.92 Å². The van der Waals surface area contributed by atoms with Crippen molar-refractivity contribution in [3.05, 3.63) is 10.7 Å². The van der Waals surface area contributed by atoms with Crippen LogP contribution < -0.4 is 5.73 Å². The molecule has 0 saturated heterocycles. The van der Waals surface area contributed by atoms with Gasteiger partial charge in [-0.2, -0.15) is 5.10 Å². The van der Waals surface area contributed by atoms with Crippen LogP contribution in [0.2, 0.25) is 5.02 Å². The van der Waals surface area contributed by atoms with Gasteiger partial charge < -0.3 is 5.73 Å². The second kappa shape index (κ2) is 2.91. The van der Waals surface area contributed by atoms with E-state index < -0.39 is 0 Å². The quantitative estimate of drug-likeness (QED) is 0.795.